The van der Waals surface area contributed by atoms with Gasteiger partial charge in [-0.2, -0.15) is 9.59 Å². The Morgan fingerprint density at radius 1 is 0.458 bits per heavy atom. The van der Waals surface area contributed by atoms with Crippen molar-refractivity contribution < 1.29 is 61.9 Å². The van der Waals surface area contributed by atoms with Crippen molar-refractivity contribution in [2.75, 3.05) is 106 Å². The van der Waals surface area contributed by atoms with Crippen molar-refractivity contribution in [1.82, 2.24) is 0 Å². The number of hydrogen-bond acceptors (Lipinski definition) is 14. The smallest absolute Gasteiger partial charge is 0.373 e. The number of Topliss-reactive ketones (excluding diaryl/α,β-unsaturated/α-hetero) is 3. The second kappa shape index (κ2) is 38.2. The van der Waals surface area contributed by atoms with E-state index >= 15 is 0 Å². The zero-order valence-electron chi connectivity index (χ0n) is 30.0. The van der Waals surface area contributed by atoms with Gasteiger partial charge in [0.2, 0.25) is 0 Å². The van der Waals surface area contributed by atoms with Crippen LogP contribution in [-0.2, 0) is 61.9 Å². The average Bonchev–Trinajstić information content (AvgIpc) is 3.04. The van der Waals surface area contributed by atoms with Gasteiger partial charge in [-0.05, 0) is 25.0 Å². The van der Waals surface area contributed by atoms with Gasteiger partial charge in [0.05, 0.1) is 104 Å². The van der Waals surface area contributed by atoms with Crippen molar-refractivity contribution in [3.63, 3.8) is 0 Å². The Balaban J connectivity index is 0. The van der Waals surface area contributed by atoms with Crippen LogP contribution in [0, 0.1) is 5.92 Å². The highest BCUT2D eigenvalue weighted by Crippen LogP contribution is 2.19. The molecule has 0 heterocycles. The van der Waals surface area contributed by atoms with Gasteiger partial charge in [-0.15, -0.1) is 11.8 Å². The molecule has 0 rings (SSSR count). The maximum absolute atomic E-state index is 12.1. The van der Waals surface area contributed by atoms with E-state index in [9.17, 15) is 14.4 Å². The van der Waals surface area contributed by atoms with Gasteiger partial charge >= 0.3 is 6.15 Å². The van der Waals surface area contributed by atoms with Gasteiger partial charge in [0.15, 0.2) is 0 Å². The summed E-state index contributed by atoms with van der Waals surface area (Å²) in [5.74, 6) is 0.694. The molecule has 0 spiro atoms. The van der Waals surface area contributed by atoms with Crippen LogP contribution in [0.5, 0.6) is 0 Å². The summed E-state index contributed by atoms with van der Waals surface area (Å²) in [7, 11) is 0. The molecule has 0 amide bonds. The predicted molar refractivity (Wildman–Crippen MR) is 181 cm³/mol. The van der Waals surface area contributed by atoms with Crippen molar-refractivity contribution in [2.45, 2.75) is 83.6 Å². The largest absolute Gasteiger partial charge is 0.379 e. The van der Waals surface area contributed by atoms with E-state index in [2.05, 4.69) is 13.8 Å². The van der Waals surface area contributed by atoms with Gasteiger partial charge < -0.3 is 37.9 Å². The lowest BCUT2D eigenvalue weighted by Crippen LogP contribution is -2.15. The molecule has 0 aliphatic heterocycles. The average molecular weight is 711 g/mol. The van der Waals surface area contributed by atoms with Gasteiger partial charge in [-0.3, -0.25) is 14.4 Å². The van der Waals surface area contributed by atoms with E-state index < -0.39 is 0 Å². The summed E-state index contributed by atoms with van der Waals surface area (Å²) in [5, 5.41) is 0.433. The van der Waals surface area contributed by atoms with Gasteiger partial charge in [0.25, 0.3) is 0 Å². The first-order chi connectivity index (χ1) is 23.1. The highest BCUT2D eigenvalue weighted by atomic mass is 32.2. The predicted octanol–water partition coefficient (Wildman–Crippen LogP) is 3.77. The summed E-state index contributed by atoms with van der Waals surface area (Å²) in [5.41, 5.74) is 0. The third-order valence-corrected chi connectivity index (χ3v) is 7.51. The maximum Gasteiger partial charge on any atom is 0.373 e. The van der Waals surface area contributed by atoms with Crippen LogP contribution >= 0.6 is 11.8 Å². The minimum absolute atomic E-state index is 0.00115. The summed E-state index contributed by atoms with van der Waals surface area (Å²) in [6.07, 6.45) is 3.45. The standard InChI is InChI=1S/C33H62O11S.CO2/c1-28(2)32(35)11-13-38-15-17-40-19-21-42-23-25-44-27-26-43-24-22-41-20-18-39-16-14-37-12-7-9-31(34)8-6-10-33(36)30(5)45-29(3)4;2-1-3/h28-30H,6-27H2,1-5H3;. The lowest BCUT2D eigenvalue weighted by Gasteiger charge is -2.12. The Morgan fingerprint density at radius 2 is 0.792 bits per heavy atom. The maximum atomic E-state index is 12.1. The Kier molecular flexibility index (Phi) is 38.7. The molecule has 1 unspecified atom stereocenters. The number of thioether (sulfide) groups is 1. The second-order valence-electron chi connectivity index (χ2n) is 11.1. The zero-order chi connectivity index (χ0) is 36.1. The van der Waals surface area contributed by atoms with Gasteiger partial charge in [-0.1, -0.05) is 27.7 Å². The van der Waals surface area contributed by atoms with Crippen molar-refractivity contribution in [2.24, 2.45) is 5.92 Å². The number of hydrogen-bond donors (Lipinski definition) is 0. The first kappa shape index (κ1) is 48.5. The third kappa shape index (κ3) is 38.9. The van der Waals surface area contributed by atoms with Crippen molar-refractivity contribution in [3.05, 3.63) is 0 Å². The fourth-order valence-corrected chi connectivity index (χ4v) is 4.83. The first-order valence-electron chi connectivity index (χ1n) is 17.0. The number of ketones is 3. The molecule has 1 atom stereocenters. The van der Waals surface area contributed by atoms with E-state index in [1.807, 2.05) is 20.8 Å². The van der Waals surface area contributed by atoms with E-state index in [4.69, 9.17) is 47.5 Å². The third-order valence-electron chi connectivity index (χ3n) is 6.29. The molecule has 0 bridgehead atoms. The van der Waals surface area contributed by atoms with E-state index in [0.29, 0.717) is 149 Å². The zero-order valence-corrected chi connectivity index (χ0v) is 30.8. The topological polar surface area (TPSA) is 159 Å². The normalized spacial score (nSPS) is 11.7. The summed E-state index contributed by atoms with van der Waals surface area (Å²) >= 11 is 1.67. The summed E-state index contributed by atoms with van der Waals surface area (Å²) < 4.78 is 43.6. The Bertz CT molecular complexity index is 789. The molecule has 0 N–H and O–H groups in total. The molecule has 0 radical (unpaired) electrons. The van der Waals surface area contributed by atoms with E-state index in [-0.39, 0.29) is 34.7 Å². The number of carbonyl (C=O) groups excluding carboxylic acids is 5. The van der Waals surface area contributed by atoms with Crippen molar-refractivity contribution in [1.29, 1.82) is 0 Å². The minimum atomic E-state index is 0.00115. The Morgan fingerprint density at radius 3 is 1.15 bits per heavy atom. The van der Waals surface area contributed by atoms with Crippen LogP contribution in [0.4, 0.5) is 0 Å². The molecule has 0 aromatic rings. The molecule has 0 saturated carbocycles. The molecule has 13 nitrogen and oxygen atoms in total. The van der Waals surface area contributed by atoms with E-state index in [1.54, 1.807) is 11.8 Å². The summed E-state index contributed by atoms with van der Waals surface area (Å²) in [6, 6.07) is 0. The first-order valence-corrected chi connectivity index (χ1v) is 17.9. The van der Waals surface area contributed by atoms with Gasteiger partial charge in [0, 0.05) is 38.2 Å². The fraction of sp³-hybridized carbons (Fsp3) is 0.882. The molecular formula is C34H62O13S. The second-order valence-corrected chi connectivity index (χ2v) is 13.1. The highest BCUT2D eigenvalue weighted by molar-refractivity contribution is 8.01. The van der Waals surface area contributed by atoms with Crippen LogP contribution in [0.25, 0.3) is 0 Å². The van der Waals surface area contributed by atoms with Crippen LogP contribution in [0.3, 0.4) is 0 Å². The quantitative estimate of drug-likeness (QED) is 0.0865. The summed E-state index contributed by atoms with van der Waals surface area (Å²) in [6.45, 7) is 17.7. The van der Waals surface area contributed by atoms with Gasteiger partial charge in [0.1, 0.15) is 17.3 Å². The number of ether oxygens (including phenoxy) is 8. The van der Waals surface area contributed by atoms with Crippen LogP contribution in [0.1, 0.15) is 73.1 Å². The van der Waals surface area contributed by atoms with Crippen LogP contribution in [0.15, 0.2) is 0 Å². The molecule has 48 heavy (non-hydrogen) atoms. The highest BCUT2D eigenvalue weighted by Gasteiger charge is 2.15. The number of rotatable bonds is 36. The molecule has 0 aliphatic carbocycles. The number of carbonyl (C=O) groups is 3. The molecule has 0 aromatic heterocycles. The Hall–Kier alpha value is -1.58. The SMILES string of the molecule is CC(C)SC(C)C(=O)CCCC(=O)CCCOCCOCCOCCOCCOCCOCCOCCOCCC(=O)C(C)C.O=C=O. The van der Waals surface area contributed by atoms with Crippen LogP contribution in [-0.4, -0.2) is 140 Å². The fourth-order valence-electron chi connectivity index (χ4n) is 3.75. The minimum Gasteiger partial charge on any atom is -0.379 e. The molecule has 14 heteroatoms. The van der Waals surface area contributed by atoms with Crippen molar-refractivity contribution in [3.8, 4) is 0 Å². The van der Waals surface area contributed by atoms with E-state index in [0.717, 1.165) is 0 Å². The lowest BCUT2D eigenvalue weighted by molar-refractivity contribution is -0.191. The molecule has 0 saturated heterocycles. The summed E-state index contributed by atoms with van der Waals surface area (Å²) in [4.78, 5) is 51.8. The molecule has 0 aromatic carbocycles. The lowest BCUT2D eigenvalue weighted by atomic mass is 10.1. The monoisotopic (exact) mass is 710 g/mol. The molecular weight excluding hydrogens is 648 g/mol. The molecule has 0 fully saturated rings. The van der Waals surface area contributed by atoms with Crippen molar-refractivity contribution >= 4 is 35.3 Å². The molecule has 282 valence electrons. The van der Waals surface area contributed by atoms with E-state index in [1.165, 1.54) is 0 Å². The Labute approximate surface area is 292 Å². The van der Waals surface area contributed by atoms with Crippen LogP contribution < -0.4 is 0 Å². The molecule has 0 aliphatic rings. The van der Waals surface area contributed by atoms with Crippen LogP contribution in [0.2, 0.25) is 0 Å². The van der Waals surface area contributed by atoms with Gasteiger partial charge in [-0.25, -0.2) is 0 Å².